The second-order valence-corrected chi connectivity index (χ2v) is 4.02. The number of halogens is 3. The fourth-order valence-corrected chi connectivity index (χ4v) is 1.83. The first-order chi connectivity index (χ1) is 9.02. The van der Waals surface area contributed by atoms with Crippen LogP contribution in [0.5, 0.6) is 0 Å². The predicted octanol–water partition coefficient (Wildman–Crippen LogP) is 3.43. The molecular formula is C14H10F3NO. The Bertz CT molecular complexity index is 566. The normalized spacial score (nSPS) is 13.0. The molecule has 2 rings (SSSR count). The molecule has 0 saturated carbocycles. The van der Waals surface area contributed by atoms with Crippen molar-refractivity contribution in [2.75, 3.05) is 0 Å². The molecule has 1 unspecified atom stereocenters. The number of carbonyl (C=O) groups excluding carboxylic acids is 1. The lowest BCUT2D eigenvalue weighted by Gasteiger charge is -2.13. The number of benzene rings is 1. The minimum Gasteiger partial charge on any atom is -0.302 e. The Morgan fingerprint density at radius 1 is 1.05 bits per heavy atom. The topological polar surface area (TPSA) is 30.0 Å². The third-order valence-corrected chi connectivity index (χ3v) is 2.77. The van der Waals surface area contributed by atoms with Crippen LogP contribution in [0.1, 0.15) is 22.6 Å². The van der Waals surface area contributed by atoms with Crippen molar-refractivity contribution in [1.29, 1.82) is 0 Å². The van der Waals surface area contributed by atoms with Crippen LogP contribution in [0.2, 0.25) is 0 Å². The maximum atomic E-state index is 12.6. The van der Waals surface area contributed by atoms with Crippen molar-refractivity contribution in [1.82, 2.24) is 4.98 Å². The average Bonchev–Trinajstić information content (AvgIpc) is 2.40. The number of aldehydes is 1. The van der Waals surface area contributed by atoms with Crippen LogP contribution in [-0.2, 0) is 11.0 Å². The maximum Gasteiger partial charge on any atom is 0.416 e. The van der Waals surface area contributed by atoms with Gasteiger partial charge in [-0.2, -0.15) is 13.2 Å². The Hall–Kier alpha value is -2.17. The van der Waals surface area contributed by atoms with Gasteiger partial charge in [-0.05, 0) is 29.3 Å². The summed E-state index contributed by atoms with van der Waals surface area (Å²) in [6.07, 6.45) is -0.786. The molecule has 19 heavy (non-hydrogen) atoms. The first-order valence-corrected chi connectivity index (χ1v) is 5.55. The number of alkyl halides is 3. The first kappa shape index (κ1) is 13.3. The van der Waals surface area contributed by atoms with Gasteiger partial charge in [-0.25, -0.2) is 0 Å². The first-order valence-electron chi connectivity index (χ1n) is 5.55. The quantitative estimate of drug-likeness (QED) is 0.796. The number of nitrogens with zero attached hydrogens (tertiary/aromatic N) is 1. The van der Waals surface area contributed by atoms with Gasteiger partial charge in [0.25, 0.3) is 0 Å². The van der Waals surface area contributed by atoms with Crippen molar-refractivity contribution >= 4 is 6.29 Å². The molecule has 0 saturated heterocycles. The van der Waals surface area contributed by atoms with Gasteiger partial charge in [0.15, 0.2) is 0 Å². The molecular weight excluding hydrogens is 255 g/mol. The molecule has 1 heterocycles. The van der Waals surface area contributed by atoms with E-state index < -0.39 is 17.7 Å². The van der Waals surface area contributed by atoms with Crippen LogP contribution in [0, 0.1) is 0 Å². The molecule has 1 atom stereocenters. The zero-order valence-electron chi connectivity index (χ0n) is 9.76. The summed E-state index contributed by atoms with van der Waals surface area (Å²) < 4.78 is 37.9. The summed E-state index contributed by atoms with van der Waals surface area (Å²) in [6.45, 7) is 0. The minimum absolute atomic E-state index is 0.316. The van der Waals surface area contributed by atoms with Gasteiger partial charge in [0.2, 0.25) is 0 Å². The van der Waals surface area contributed by atoms with Crippen LogP contribution >= 0.6 is 0 Å². The van der Waals surface area contributed by atoms with E-state index in [1.807, 2.05) is 0 Å². The molecule has 0 bridgehead atoms. The molecule has 1 aromatic carbocycles. The lowest BCUT2D eigenvalue weighted by Crippen LogP contribution is -2.08. The van der Waals surface area contributed by atoms with E-state index >= 15 is 0 Å². The van der Waals surface area contributed by atoms with Gasteiger partial charge in [0.1, 0.15) is 6.29 Å². The molecule has 98 valence electrons. The molecule has 0 N–H and O–H groups in total. The lowest BCUT2D eigenvalue weighted by atomic mass is 9.92. The largest absolute Gasteiger partial charge is 0.416 e. The second-order valence-electron chi connectivity index (χ2n) is 4.02. The number of rotatable bonds is 3. The molecule has 2 nitrogen and oxygen atoms in total. The van der Waals surface area contributed by atoms with Crippen molar-refractivity contribution in [3.05, 3.63) is 65.5 Å². The van der Waals surface area contributed by atoms with Gasteiger partial charge in [0.05, 0.1) is 11.5 Å². The van der Waals surface area contributed by atoms with Crippen LogP contribution in [0.15, 0.2) is 48.8 Å². The van der Waals surface area contributed by atoms with E-state index in [9.17, 15) is 18.0 Å². The third-order valence-electron chi connectivity index (χ3n) is 2.77. The molecule has 2 aromatic rings. The Morgan fingerprint density at radius 2 is 1.74 bits per heavy atom. The smallest absolute Gasteiger partial charge is 0.302 e. The highest BCUT2D eigenvalue weighted by atomic mass is 19.4. The van der Waals surface area contributed by atoms with Crippen molar-refractivity contribution in [2.24, 2.45) is 0 Å². The Kier molecular flexibility index (Phi) is 3.64. The van der Waals surface area contributed by atoms with Crippen molar-refractivity contribution in [3.63, 3.8) is 0 Å². The van der Waals surface area contributed by atoms with E-state index in [2.05, 4.69) is 4.98 Å². The molecule has 0 aliphatic carbocycles. The predicted molar refractivity (Wildman–Crippen MR) is 63.6 cm³/mol. The average molecular weight is 265 g/mol. The summed E-state index contributed by atoms with van der Waals surface area (Å²) in [5.41, 5.74) is 0.172. The van der Waals surface area contributed by atoms with Crippen LogP contribution in [0.3, 0.4) is 0 Å². The van der Waals surface area contributed by atoms with Crippen molar-refractivity contribution in [3.8, 4) is 0 Å². The van der Waals surface area contributed by atoms with Gasteiger partial charge in [-0.3, -0.25) is 4.98 Å². The van der Waals surface area contributed by atoms with Gasteiger partial charge >= 0.3 is 6.18 Å². The SMILES string of the molecule is O=CC(c1ccncc1)c1cccc(C(F)(F)F)c1. The number of hydrogen-bond acceptors (Lipinski definition) is 2. The van der Waals surface area contributed by atoms with Gasteiger partial charge < -0.3 is 4.79 Å². The zero-order valence-corrected chi connectivity index (χ0v) is 9.76. The molecule has 0 radical (unpaired) electrons. The molecule has 1 aromatic heterocycles. The number of hydrogen-bond donors (Lipinski definition) is 0. The fourth-order valence-electron chi connectivity index (χ4n) is 1.83. The van der Waals surface area contributed by atoms with Crippen LogP contribution < -0.4 is 0 Å². The van der Waals surface area contributed by atoms with E-state index in [1.165, 1.54) is 24.5 Å². The molecule has 0 aliphatic rings. The summed E-state index contributed by atoms with van der Waals surface area (Å²) in [7, 11) is 0. The fraction of sp³-hybridized carbons (Fsp3) is 0.143. The van der Waals surface area contributed by atoms with Crippen molar-refractivity contribution < 1.29 is 18.0 Å². The Labute approximate surface area is 107 Å². The minimum atomic E-state index is -4.41. The van der Waals surface area contributed by atoms with Gasteiger partial charge in [-0.1, -0.05) is 18.2 Å². The number of carbonyl (C=O) groups is 1. The third kappa shape index (κ3) is 2.99. The monoisotopic (exact) mass is 265 g/mol. The molecule has 0 aliphatic heterocycles. The standard InChI is InChI=1S/C14H10F3NO/c15-14(16,17)12-3-1-2-11(8-12)13(9-19)10-4-6-18-7-5-10/h1-9,13H. The maximum absolute atomic E-state index is 12.6. The van der Waals surface area contributed by atoms with Crippen molar-refractivity contribution in [2.45, 2.75) is 12.1 Å². The van der Waals surface area contributed by atoms with Crippen LogP contribution in [-0.4, -0.2) is 11.3 Å². The Morgan fingerprint density at radius 3 is 2.32 bits per heavy atom. The summed E-state index contributed by atoms with van der Waals surface area (Å²) in [5.74, 6) is -0.717. The number of pyridine rings is 1. The highest BCUT2D eigenvalue weighted by molar-refractivity contribution is 5.68. The van der Waals surface area contributed by atoms with Crippen LogP contribution in [0.25, 0.3) is 0 Å². The molecule has 0 amide bonds. The molecule has 5 heteroatoms. The zero-order chi connectivity index (χ0) is 13.9. The number of aromatic nitrogens is 1. The van der Waals surface area contributed by atoms with E-state index in [4.69, 9.17) is 0 Å². The van der Waals surface area contributed by atoms with Gasteiger partial charge in [-0.15, -0.1) is 0 Å². The summed E-state index contributed by atoms with van der Waals surface area (Å²) >= 11 is 0. The van der Waals surface area contributed by atoms with E-state index in [1.54, 1.807) is 12.1 Å². The van der Waals surface area contributed by atoms with E-state index in [0.717, 1.165) is 12.1 Å². The van der Waals surface area contributed by atoms with E-state index in [0.29, 0.717) is 17.4 Å². The summed E-state index contributed by atoms with van der Waals surface area (Å²) in [6, 6.07) is 8.01. The van der Waals surface area contributed by atoms with Gasteiger partial charge in [0, 0.05) is 12.4 Å². The highest BCUT2D eigenvalue weighted by Gasteiger charge is 2.31. The summed E-state index contributed by atoms with van der Waals surface area (Å²) in [4.78, 5) is 15.0. The molecule has 0 fully saturated rings. The molecule has 0 spiro atoms. The highest BCUT2D eigenvalue weighted by Crippen LogP contribution is 2.32. The second kappa shape index (κ2) is 5.22. The van der Waals surface area contributed by atoms with E-state index in [-0.39, 0.29) is 0 Å². The van der Waals surface area contributed by atoms with Crippen LogP contribution in [0.4, 0.5) is 13.2 Å². The Balaban J connectivity index is 2.43. The summed E-state index contributed by atoms with van der Waals surface area (Å²) in [5, 5.41) is 0. The lowest BCUT2D eigenvalue weighted by molar-refractivity contribution is -0.137.